The molecular weight excluding hydrogens is 230 g/mol. The Morgan fingerprint density at radius 2 is 2.00 bits per heavy atom. The van der Waals surface area contributed by atoms with Crippen LogP contribution in [0.2, 0.25) is 0 Å². The molecule has 1 aromatic heterocycles. The van der Waals surface area contributed by atoms with E-state index in [0.717, 1.165) is 22.8 Å². The highest BCUT2D eigenvalue weighted by atomic mass is 32.1. The Morgan fingerprint density at radius 3 is 2.76 bits per heavy atom. The SMILES string of the molecule is CC1CCCC(Nc2nc(C3CC3)ns2)C1C. The maximum Gasteiger partial charge on any atom is 0.202 e. The molecule has 2 aliphatic rings. The molecule has 2 fully saturated rings. The van der Waals surface area contributed by atoms with Gasteiger partial charge in [-0.05, 0) is 31.1 Å². The third-order valence-corrected chi connectivity index (χ3v) is 5.06. The van der Waals surface area contributed by atoms with Crippen molar-refractivity contribution < 1.29 is 0 Å². The quantitative estimate of drug-likeness (QED) is 0.891. The van der Waals surface area contributed by atoms with Gasteiger partial charge in [-0.1, -0.05) is 26.7 Å². The van der Waals surface area contributed by atoms with Gasteiger partial charge in [0.1, 0.15) is 5.82 Å². The average Bonchev–Trinajstić information content (AvgIpc) is 3.06. The smallest absolute Gasteiger partial charge is 0.202 e. The fourth-order valence-corrected chi connectivity index (χ4v) is 3.45. The number of nitrogens with zero attached hydrogens (tertiary/aromatic N) is 2. The topological polar surface area (TPSA) is 37.8 Å². The minimum atomic E-state index is 0.596. The molecule has 3 nitrogen and oxygen atoms in total. The summed E-state index contributed by atoms with van der Waals surface area (Å²) in [7, 11) is 0. The van der Waals surface area contributed by atoms with Gasteiger partial charge in [0.05, 0.1) is 0 Å². The molecule has 94 valence electrons. The van der Waals surface area contributed by atoms with E-state index < -0.39 is 0 Å². The van der Waals surface area contributed by atoms with Crippen molar-refractivity contribution in [1.29, 1.82) is 0 Å². The minimum absolute atomic E-state index is 0.596. The van der Waals surface area contributed by atoms with Crippen molar-refractivity contribution in [2.75, 3.05) is 5.32 Å². The van der Waals surface area contributed by atoms with E-state index in [2.05, 4.69) is 28.5 Å². The molecule has 0 spiro atoms. The fourth-order valence-electron chi connectivity index (χ4n) is 2.75. The largest absolute Gasteiger partial charge is 0.357 e. The lowest BCUT2D eigenvalue weighted by atomic mass is 9.78. The van der Waals surface area contributed by atoms with E-state index in [-0.39, 0.29) is 0 Å². The summed E-state index contributed by atoms with van der Waals surface area (Å²) in [5.74, 6) is 3.33. The van der Waals surface area contributed by atoms with E-state index in [1.165, 1.54) is 32.1 Å². The molecule has 3 atom stereocenters. The van der Waals surface area contributed by atoms with Crippen LogP contribution in [-0.4, -0.2) is 15.4 Å². The lowest BCUT2D eigenvalue weighted by molar-refractivity contribution is 0.253. The highest BCUT2D eigenvalue weighted by Gasteiger charge is 2.30. The molecule has 1 aromatic rings. The maximum absolute atomic E-state index is 4.62. The Balaban J connectivity index is 1.64. The van der Waals surface area contributed by atoms with Crippen molar-refractivity contribution in [3.8, 4) is 0 Å². The molecule has 3 rings (SSSR count). The predicted molar refractivity (Wildman–Crippen MR) is 71.5 cm³/mol. The third-order valence-electron chi connectivity index (χ3n) is 4.40. The predicted octanol–water partition coefficient (Wildman–Crippen LogP) is 3.65. The van der Waals surface area contributed by atoms with Crippen molar-refractivity contribution in [1.82, 2.24) is 9.36 Å². The second kappa shape index (κ2) is 4.56. The maximum atomic E-state index is 4.62. The van der Waals surface area contributed by atoms with Crippen LogP contribution in [0.25, 0.3) is 0 Å². The lowest BCUT2D eigenvalue weighted by Crippen LogP contribution is -2.34. The molecule has 17 heavy (non-hydrogen) atoms. The molecule has 2 saturated carbocycles. The summed E-state index contributed by atoms with van der Waals surface area (Å²) in [6, 6.07) is 0.596. The molecule has 4 heteroatoms. The van der Waals surface area contributed by atoms with Gasteiger partial charge in [-0.25, -0.2) is 4.98 Å². The third kappa shape index (κ3) is 2.46. The summed E-state index contributed by atoms with van der Waals surface area (Å²) in [6.45, 7) is 4.73. The first kappa shape index (κ1) is 11.5. The van der Waals surface area contributed by atoms with Crippen LogP contribution in [0.15, 0.2) is 0 Å². The monoisotopic (exact) mass is 251 g/mol. The Bertz CT molecular complexity index is 386. The Morgan fingerprint density at radius 1 is 1.18 bits per heavy atom. The van der Waals surface area contributed by atoms with E-state index in [1.54, 1.807) is 11.5 Å². The van der Waals surface area contributed by atoms with Crippen molar-refractivity contribution >= 4 is 16.7 Å². The van der Waals surface area contributed by atoms with Crippen molar-refractivity contribution in [3.63, 3.8) is 0 Å². The lowest BCUT2D eigenvalue weighted by Gasteiger charge is -2.34. The Hall–Kier alpha value is -0.640. The average molecular weight is 251 g/mol. The van der Waals surface area contributed by atoms with Crippen LogP contribution in [-0.2, 0) is 0 Å². The van der Waals surface area contributed by atoms with E-state index >= 15 is 0 Å². The normalized spacial score (nSPS) is 33.6. The van der Waals surface area contributed by atoms with Crippen molar-refractivity contribution in [3.05, 3.63) is 5.82 Å². The molecule has 3 unspecified atom stereocenters. The Kier molecular flexibility index (Phi) is 3.07. The number of hydrogen-bond donors (Lipinski definition) is 1. The second-order valence-corrected chi connectivity index (χ2v) is 6.50. The molecular formula is C13H21N3S. The zero-order chi connectivity index (χ0) is 11.8. The molecule has 1 heterocycles. The summed E-state index contributed by atoms with van der Waals surface area (Å²) in [4.78, 5) is 4.62. The van der Waals surface area contributed by atoms with Gasteiger partial charge >= 0.3 is 0 Å². The van der Waals surface area contributed by atoms with Gasteiger partial charge in [0.2, 0.25) is 5.13 Å². The summed E-state index contributed by atoms with van der Waals surface area (Å²) in [6.07, 6.45) is 6.57. The van der Waals surface area contributed by atoms with Gasteiger partial charge in [-0.2, -0.15) is 4.37 Å². The molecule has 1 N–H and O–H groups in total. The van der Waals surface area contributed by atoms with E-state index in [1.807, 2.05) is 0 Å². The van der Waals surface area contributed by atoms with E-state index in [4.69, 9.17) is 0 Å². The van der Waals surface area contributed by atoms with Gasteiger partial charge in [0.25, 0.3) is 0 Å². The zero-order valence-electron chi connectivity index (χ0n) is 10.6. The summed E-state index contributed by atoms with van der Waals surface area (Å²) >= 11 is 1.54. The van der Waals surface area contributed by atoms with Crippen LogP contribution in [0.1, 0.15) is 57.7 Å². The highest BCUT2D eigenvalue weighted by Crippen LogP contribution is 2.39. The summed E-state index contributed by atoms with van der Waals surface area (Å²) in [5, 5.41) is 4.65. The van der Waals surface area contributed by atoms with Crippen LogP contribution in [0.3, 0.4) is 0 Å². The summed E-state index contributed by atoms with van der Waals surface area (Å²) in [5.41, 5.74) is 0. The first-order valence-electron chi connectivity index (χ1n) is 6.84. The number of nitrogens with one attached hydrogen (secondary N) is 1. The van der Waals surface area contributed by atoms with Gasteiger partial charge in [0, 0.05) is 23.5 Å². The van der Waals surface area contributed by atoms with Crippen molar-refractivity contribution in [2.24, 2.45) is 11.8 Å². The number of anilines is 1. The summed E-state index contributed by atoms with van der Waals surface area (Å²) < 4.78 is 4.46. The van der Waals surface area contributed by atoms with Crippen LogP contribution in [0.4, 0.5) is 5.13 Å². The molecule has 0 aromatic carbocycles. The molecule has 2 aliphatic carbocycles. The van der Waals surface area contributed by atoms with Gasteiger partial charge in [-0.3, -0.25) is 0 Å². The number of hydrogen-bond acceptors (Lipinski definition) is 4. The zero-order valence-corrected chi connectivity index (χ0v) is 11.5. The van der Waals surface area contributed by atoms with Crippen molar-refractivity contribution in [2.45, 2.75) is 57.9 Å². The van der Waals surface area contributed by atoms with E-state index in [9.17, 15) is 0 Å². The van der Waals surface area contributed by atoms with Gasteiger partial charge in [-0.15, -0.1) is 0 Å². The van der Waals surface area contributed by atoms with E-state index in [0.29, 0.717) is 12.0 Å². The second-order valence-electron chi connectivity index (χ2n) is 5.75. The number of aromatic nitrogens is 2. The molecule has 0 saturated heterocycles. The highest BCUT2D eigenvalue weighted by molar-refractivity contribution is 7.09. The van der Waals surface area contributed by atoms with Crippen LogP contribution in [0, 0.1) is 11.8 Å². The van der Waals surface area contributed by atoms with Gasteiger partial charge < -0.3 is 5.32 Å². The first-order chi connectivity index (χ1) is 8.24. The number of rotatable bonds is 3. The molecule has 0 amide bonds. The van der Waals surface area contributed by atoms with Gasteiger partial charge in [0.15, 0.2) is 0 Å². The van der Waals surface area contributed by atoms with Crippen LogP contribution in [0.5, 0.6) is 0 Å². The molecule has 0 bridgehead atoms. The molecule has 0 aliphatic heterocycles. The first-order valence-corrected chi connectivity index (χ1v) is 7.61. The Labute approximate surface area is 107 Å². The van der Waals surface area contributed by atoms with Crippen LogP contribution >= 0.6 is 11.5 Å². The minimum Gasteiger partial charge on any atom is -0.357 e. The fraction of sp³-hybridized carbons (Fsp3) is 0.846. The molecule has 0 radical (unpaired) electrons. The standard InChI is InChI=1S/C13H21N3S/c1-8-4-3-5-11(9(8)2)14-13-15-12(16-17-13)10-6-7-10/h8-11H,3-7H2,1-2H3,(H,14,15,16). The van der Waals surface area contributed by atoms with Crippen LogP contribution < -0.4 is 5.32 Å².